The van der Waals surface area contributed by atoms with Gasteiger partial charge in [0.05, 0.1) is 11.3 Å². The molecule has 150 valence electrons. The number of aromatic carboxylic acids is 1. The van der Waals surface area contributed by atoms with Crippen LogP contribution in [0.15, 0.2) is 54.7 Å². The summed E-state index contributed by atoms with van der Waals surface area (Å²) < 4.78 is 0. The lowest BCUT2D eigenvalue weighted by molar-refractivity contribution is 0.0698. The van der Waals surface area contributed by atoms with E-state index in [0.29, 0.717) is 29.3 Å². The molecule has 1 aromatic heterocycles. The van der Waals surface area contributed by atoms with Gasteiger partial charge >= 0.3 is 5.97 Å². The molecule has 0 saturated heterocycles. The third kappa shape index (κ3) is 4.71. The number of hydrogen-bond acceptors (Lipinski definition) is 5. The molecule has 0 unspecified atom stereocenters. The molecule has 2 aromatic carbocycles. The molecular weight excluding hydrogens is 364 g/mol. The van der Waals surface area contributed by atoms with Crippen molar-refractivity contribution in [2.24, 2.45) is 0 Å². The highest BCUT2D eigenvalue weighted by Gasteiger charge is 2.15. The lowest BCUT2D eigenvalue weighted by Crippen LogP contribution is -2.07. The van der Waals surface area contributed by atoms with Crippen LogP contribution in [0, 0.1) is 0 Å². The molecule has 0 spiro atoms. The quantitative estimate of drug-likeness (QED) is 0.465. The number of anilines is 4. The van der Waals surface area contributed by atoms with Crippen molar-refractivity contribution >= 4 is 29.1 Å². The Labute approximate surface area is 171 Å². The van der Waals surface area contributed by atoms with Crippen LogP contribution in [0.1, 0.15) is 61.0 Å². The van der Waals surface area contributed by atoms with Crippen LogP contribution < -0.4 is 10.6 Å². The van der Waals surface area contributed by atoms with E-state index in [1.807, 2.05) is 0 Å². The summed E-state index contributed by atoms with van der Waals surface area (Å²) in [6.07, 6.45) is 1.65. The van der Waals surface area contributed by atoms with Crippen LogP contribution >= 0.6 is 0 Å². The standard InChI is InChI=1S/C23H26N4O2/c1-14(2)16-9-7-10-17(15(3)4)21(16)27-23-24-13-12-20(26-23)25-19-11-6-5-8-18(19)22(28)29/h5-15H,1-4H3,(H,28,29)(H2,24,25,26,27). The fraction of sp³-hybridized carbons (Fsp3) is 0.261. The van der Waals surface area contributed by atoms with E-state index in [4.69, 9.17) is 0 Å². The maximum absolute atomic E-state index is 11.4. The molecule has 0 atom stereocenters. The number of hydrogen-bond donors (Lipinski definition) is 3. The van der Waals surface area contributed by atoms with Gasteiger partial charge in [0.15, 0.2) is 0 Å². The van der Waals surface area contributed by atoms with E-state index in [9.17, 15) is 9.90 Å². The van der Waals surface area contributed by atoms with Crippen LogP contribution in [0.2, 0.25) is 0 Å². The Bertz CT molecular complexity index is 989. The minimum absolute atomic E-state index is 0.188. The average molecular weight is 390 g/mol. The normalized spacial score (nSPS) is 11.0. The van der Waals surface area contributed by atoms with Gasteiger partial charge in [0.2, 0.25) is 5.95 Å². The lowest BCUT2D eigenvalue weighted by atomic mass is 9.93. The van der Waals surface area contributed by atoms with Crippen molar-refractivity contribution in [3.8, 4) is 0 Å². The van der Waals surface area contributed by atoms with E-state index >= 15 is 0 Å². The molecule has 3 rings (SSSR count). The second-order valence-corrected chi connectivity index (χ2v) is 7.49. The van der Waals surface area contributed by atoms with Gasteiger partial charge < -0.3 is 15.7 Å². The zero-order chi connectivity index (χ0) is 21.0. The van der Waals surface area contributed by atoms with Crippen molar-refractivity contribution in [2.45, 2.75) is 39.5 Å². The second-order valence-electron chi connectivity index (χ2n) is 7.49. The summed E-state index contributed by atoms with van der Waals surface area (Å²) in [4.78, 5) is 20.3. The molecule has 3 N–H and O–H groups in total. The minimum atomic E-state index is -0.993. The highest BCUT2D eigenvalue weighted by atomic mass is 16.4. The fourth-order valence-corrected chi connectivity index (χ4v) is 3.21. The van der Waals surface area contributed by atoms with Crippen molar-refractivity contribution in [2.75, 3.05) is 10.6 Å². The smallest absolute Gasteiger partial charge is 0.337 e. The van der Waals surface area contributed by atoms with E-state index in [2.05, 4.69) is 66.5 Å². The van der Waals surface area contributed by atoms with Crippen LogP contribution in [0.5, 0.6) is 0 Å². The van der Waals surface area contributed by atoms with E-state index < -0.39 is 5.97 Å². The number of carboxylic acids is 1. The summed E-state index contributed by atoms with van der Waals surface area (Å²) in [5, 5.41) is 15.8. The van der Waals surface area contributed by atoms with Gasteiger partial charge in [-0.2, -0.15) is 4.98 Å². The number of nitrogens with one attached hydrogen (secondary N) is 2. The first kappa shape index (κ1) is 20.3. The summed E-state index contributed by atoms with van der Waals surface area (Å²) in [5.41, 5.74) is 4.10. The number of nitrogens with zero attached hydrogens (tertiary/aromatic N) is 2. The monoisotopic (exact) mass is 390 g/mol. The van der Waals surface area contributed by atoms with Gasteiger partial charge in [-0.15, -0.1) is 0 Å². The Hall–Kier alpha value is -3.41. The number of para-hydroxylation sites is 2. The molecule has 6 nitrogen and oxygen atoms in total. The summed E-state index contributed by atoms with van der Waals surface area (Å²) in [6.45, 7) is 8.64. The Morgan fingerprint density at radius 3 is 2.17 bits per heavy atom. The topological polar surface area (TPSA) is 87.1 Å². The fourth-order valence-electron chi connectivity index (χ4n) is 3.21. The van der Waals surface area contributed by atoms with Gasteiger partial charge in [0.1, 0.15) is 5.82 Å². The van der Waals surface area contributed by atoms with Crippen molar-refractivity contribution in [3.05, 3.63) is 71.4 Å². The lowest BCUT2D eigenvalue weighted by Gasteiger charge is -2.20. The van der Waals surface area contributed by atoms with Crippen LogP contribution in [0.4, 0.5) is 23.1 Å². The van der Waals surface area contributed by atoms with Gasteiger partial charge in [0, 0.05) is 11.9 Å². The second kappa shape index (κ2) is 8.73. The van der Waals surface area contributed by atoms with Crippen molar-refractivity contribution in [1.82, 2.24) is 9.97 Å². The average Bonchev–Trinajstić information content (AvgIpc) is 2.68. The van der Waals surface area contributed by atoms with E-state index in [0.717, 1.165) is 5.69 Å². The molecule has 0 fully saturated rings. The van der Waals surface area contributed by atoms with E-state index in [1.165, 1.54) is 11.1 Å². The molecular formula is C23H26N4O2. The number of carbonyl (C=O) groups is 1. The van der Waals surface area contributed by atoms with Crippen molar-refractivity contribution in [3.63, 3.8) is 0 Å². The van der Waals surface area contributed by atoms with Gasteiger partial charge in [-0.25, -0.2) is 9.78 Å². The number of carboxylic acid groups (broad SMARTS) is 1. The van der Waals surface area contributed by atoms with Crippen LogP contribution in [0.25, 0.3) is 0 Å². The van der Waals surface area contributed by atoms with E-state index in [1.54, 1.807) is 36.5 Å². The van der Waals surface area contributed by atoms with Crippen LogP contribution in [-0.2, 0) is 0 Å². The molecule has 0 saturated carbocycles. The van der Waals surface area contributed by atoms with Crippen molar-refractivity contribution in [1.29, 1.82) is 0 Å². The summed E-state index contributed by atoms with van der Waals surface area (Å²) >= 11 is 0. The van der Waals surface area contributed by atoms with Crippen LogP contribution in [-0.4, -0.2) is 21.0 Å². The maximum atomic E-state index is 11.4. The molecule has 0 amide bonds. The van der Waals surface area contributed by atoms with Gasteiger partial charge in [0.25, 0.3) is 0 Å². The SMILES string of the molecule is CC(C)c1cccc(C(C)C)c1Nc1nccc(Nc2ccccc2C(=O)O)n1. The molecule has 0 aliphatic carbocycles. The summed E-state index contributed by atoms with van der Waals surface area (Å²) in [5.74, 6) is 0.676. The van der Waals surface area contributed by atoms with Gasteiger partial charge in [-0.1, -0.05) is 58.0 Å². The zero-order valence-electron chi connectivity index (χ0n) is 17.1. The predicted octanol–water partition coefficient (Wildman–Crippen LogP) is 5.91. The highest BCUT2D eigenvalue weighted by Crippen LogP contribution is 2.34. The number of benzene rings is 2. The van der Waals surface area contributed by atoms with Crippen molar-refractivity contribution < 1.29 is 9.90 Å². The molecule has 29 heavy (non-hydrogen) atoms. The molecule has 1 heterocycles. The van der Waals surface area contributed by atoms with Gasteiger partial charge in [-0.3, -0.25) is 0 Å². The Balaban J connectivity index is 1.93. The Morgan fingerprint density at radius 2 is 1.55 bits per heavy atom. The summed E-state index contributed by atoms with van der Waals surface area (Å²) in [7, 11) is 0. The zero-order valence-corrected chi connectivity index (χ0v) is 17.1. The first-order valence-electron chi connectivity index (χ1n) is 9.69. The third-order valence-corrected chi connectivity index (χ3v) is 4.69. The molecule has 6 heteroatoms. The first-order valence-corrected chi connectivity index (χ1v) is 9.69. The molecule has 0 radical (unpaired) electrons. The van der Waals surface area contributed by atoms with Gasteiger partial charge in [-0.05, 0) is 41.2 Å². The Morgan fingerprint density at radius 1 is 0.897 bits per heavy atom. The number of aromatic nitrogens is 2. The molecule has 3 aromatic rings. The van der Waals surface area contributed by atoms with Crippen LogP contribution in [0.3, 0.4) is 0 Å². The minimum Gasteiger partial charge on any atom is -0.478 e. The molecule has 0 bridgehead atoms. The summed E-state index contributed by atoms with van der Waals surface area (Å²) in [6, 6.07) is 14.8. The molecule has 0 aliphatic rings. The third-order valence-electron chi connectivity index (χ3n) is 4.69. The maximum Gasteiger partial charge on any atom is 0.337 e. The highest BCUT2D eigenvalue weighted by molar-refractivity contribution is 5.95. The molecule has 0 aliphatic heterocycles. The largest absolute Gasteiger partial charge is 0.478 e. The predicted molar refractivity (Wildman–Crippen MR) is 117 cm³/mol. The van der Waals surface area contributed by atoms with E-state index in [-0.39, 0.29) is 5.56 Å². The first-order chi connectivity index (χ1) is 13.9. The Kier molecular flexibility index (Phi) is 6.12. The number of rotatable bonds is 7.